The number of thiophene rings is 1. The molecule has 0 saturated heterocycles. The first-order chi connectivity index (χ1) is 23.8. The second-order valence-electron chi connectivity index (χ2n) is 12.2. The van der Waals surface area contributed by atoms with Crippen molar-refractivity contribution in [3.05, 3.63) is 188 Å². The van der Waals surface area contributed by atoms with Crippen LogP contribution in [0.25, 0.3) is 64.3 Å². The SMILES string of the molecule is c1ccc(-c2ccc(N(c3ccc(-c4cccc5ccccc45)cc3)c3cccc4sc5ccc(-c6ccccc6)cc5c34)cc2)cc1. The molecule has 0 aliphatic rings. The Bertz CT molecular complexity index is 2530. The number of benzene rings is 8. The van der Waals surface area contributed by atoms with Crippen LogP contribution in [0.15, 0.2) is 188 Å². The molecule has 0 aliphatic heterocycles. The molecule has 8 aromatic carbocycles. The van der Waals surface area contributed by atoms with Crippen molar-refractivity contribution in [3.63, 3.8) is 0 Å². The third-order valence-electron chi connectivity index (χ3n) is 9.28. The minimum atomic E-state index is 1.12. The summed E-state index contributed by atoms with van der Waals surface area (Å²) < 4.78 is 2.58. The molecule has 0 radical (unpaired) electrons. The quantitative estimate of drug-likeness (QED) is 0.177. The van der Waals surface area contributed by atoms with Gasteiger partial charge in [-0.3, -0.25) is 0 Å². The molecule has 0 bridgehead atoms. The standard InChI is InChI=1S/C46H31NS/c1-3-11-32(12-4-1)34-21-26-38(27-22-34)47(39-28-23-36(24-29-39)41-18-9-16-35-15-7-8-17-40(35)41)43-19-10-20-45-46(43)42-31-37(25-30-44(42)48-45)33-13-5-2-6-14-33/h1-31H. The van der Waals surface area contributed by atoms with Gasteiger partial charge in [0.25, 0.3) is 0 Å². The minimum Gasteiger partial charge on any atom is -0.310 e. The minimum absolute atomic E-state index is 1.12. The van der Waals surface area contributed by atoms with Crippen LogP contribution in [0.1, 0.15) is 0 Å². The van der Waals surface area contributed by atoms with E-state index in [2.05, 4.69) is 193 Å². The molecule has 48 heavy (non-hydrogen) atoms. The Hall–Kier alpha value is -5.96. The molecule has 2 heteroatoms. The highest BCUT2D eigenvalue weighted by molar-refractivity contribution is 7.26. The summed E-state index contributed by atoms with van der Waals surface area (Å²) >= 11 is 1.86. The predicted octanol–water partition coefficient (Wildman–Crippen LogP) is 13.7. The second-order valence-corrected chi connectivity index (χ2v) is 13.2. The lowest BCUT2D eigenvalue weighted by molar-refractivity contribution is 1.30. The smallest absolute Gasteiger partial charge is 0.0554 e. The Kier molecular flexibility index (Phi) is 7.07. The maximum absolute atomic E-state index is 2.42. The van der Waals surface area contributed by atoms with Gasteiger partial charge in [0.15, 0.2) is 0 Å². The molecule has 0 aliphatic carbocycles. The summed E-state index contributed by atoms with van der Waals surface area (Å²) in [6, 6.07) is 68.1. The maximum Gasteiger partial charge on any atom is 0.0554 e. The van der Waals surface area contributed by atoms with Crippen LogP contribution in [0.4, 0.5) is 17.1 Å². The van der Waals surface area contributed by atoms with E-state index in [0.717, 1.165) is 11.4 Å². The van der Waals surface area contributed by atoms with Gasteiger partial charge in [-0.2, -0.15) is 0 Å². The molecule has 226 valence electrons. The largest absolute Gasteiger partial charge is 0.310 e. The molecule has 0 N–H and O–H groups in total. The van der Waals surface area contributed by atoms with Gasteiger partial charge in [-0.05, 0) is 92.7 Å². The summed E-state index contributed by atoms with van der Waals surface area (Å²) in [6.07, 6.45) is 0. The number of fused-ring (bicyclic) bond motifs is 4. The molecular weight excluding hydrogens is 599 g/mol. The van der Waals surface area contributed by atoms with E-state index in [1.54, 1.807) is 0 Å². The van der Waals surface area contributed by atoms with E-state index in [4.69, 9.17) is 0 Å². The van der Waals surface area contributed by atoms with Crippen LogP contribution in [0.2, 0.25) is 0 Å². The topological polar surface area (TPSA) is 3.24 Å². The number of hydrogen-bond donors (Lipinski definition) is 0. The number of hydrogen-bond acceptors (Lipinski definition) is 2. The van der Waals surface area contributed by atoms with Gasteiger partial charge in [0.1, 0.15) is 0 Å². The van der Waals surface area contributed by atoms with Crippen LogP contribution in [0.5, 0.6) is 0 Å². The van der Waals surface area contributed by atoms with Crippen molar-refractivity contribution in [2.24, 2.45) is 0 Å². The van der Waals surface area contributed by atoms with Crippen molar-refractivity contribution in [2.75, 3.05) is 4.90 Å². The van der Waals surface area contributed by atoms with Crippen LogP contribution in [-0.2, 0) is 0 Å². The molecule has 0 spiro atoms. The van der Waals surface area contributed by atoms with E-state index < -0.39 is 0 Å². The normalized spacial score (nSPS) is 11.3. The molecule has 0 atom stereocenters. The highest BCUT2D eigenvalue weighted by Gasteiger charge is 2.19. The van der Waals surface area contributed by atoms with Crippen molar-refractivity contribution in [2.45, 2.75) is 0 Å². The fourth-order valence-corrected chi connectivity index (χ4v) is 8.04. The molecule has 0 saturated carbocycles. The van der Waals surface area contributed by atoms with Crippen molar-refractivity contribution in [3.8, 4) is 33.4 Å². The molecule has 9 aromatic rings. The molecule has 1 aromatic heterocycles. The average molecular weight is 630 g/mol. The Morgan fingerprint density at radius 2 is 0.917 bits per heavy atom. The first-order valence-corrected chi connectivity index (χ1v) is 17.2. The van der Waals surface area contributed by atoms with E-state index >= 15 is 0 Å². The summed E-state index contributed by atoms with van der Waals surface area (Å²) in [5, 5.41) is 5.08. The van der Waals surface area contributed by atoms with Gasteiger partial charge in [-0.15, -0.1) is 11.3 Å². The van der Waals surface area contributed by atoms with Gasteiger partial charge >= 0.3 is 0 Å². The van der Waals surface area contributed by atoms with Gasteiger partial charge in [-0.1, -0.05) is 140 Å². The van der Waals surface area contributed by atoms with Gasteiger partial charge < -0.3 is 4.90 Å². The van der Waals surface area contributed by atoms with E-state index in [-0.39, 0.29) is 0 Å². The van der Waals surface area contributed by atoms with E-state index in [0.29, 0.717) is 0 Å². The zero-order valence-electron chi connectivity index (χ0n) is 26.3. The van der Waals surface area contributed by atoms with Crippen LogP contribution < -0.4 is 4.90 Å². The first kappa shape index (κ1) is 28.3. The predicted molar refractivity (Wildman–Crippen MR) is 208 cm³/mol. The van der Waals surface area contributed by atoms with Crippen LogP contribution in [0, 0.1) is 0 Å². The lowest BCUT2D eigenvalue weighted by Gasteiger charge is -2.27. The van der Waals surface area contributed by atoms with Crippen molar-refractivity contribution in [1.82, 2.24) is 0 Å². The second kappa shape index (κ2) is 12.0. The monoisotopic (exact) mass is 629 g/mol. The van der Waals surface area contributed by atoms with Gasteiger partial charge in [0, 0.05) is 31.5 Å². The summed E-state index contributed by atoms with van der Waals surface area (Å²) in [5.74, 6) is 0. The number of rotatable bonds is 6. The highest BCUT2D eigenvalue weighted by Crippen LogP contribution is 2.46. The number of anilines is 3. The van der Waals surface area contributed by atoms with Crippen LogP contribution in [0.3, 0.4) is 0 Å². The lowest BCUT2D eigenvalue weighted by Crippen LogP contribution is -2.10. The van der Waals surface area contributed by atoms with Crippen molar-refractivity contribution < 1.29 is 0 Å². The average Bonchev–Trinajstić information content (AvgIpc) is 3.55. The lowest BCUT2D eigenvalue weighted by atomic mass is 9.98. The molecule has 0 amide bonds. The third-order valence-corrected chi connectivity index (χ3v) is 10.4. The summed E-state index contributed by atoms with van der Waals surface area (Å²) in [7, 11) is 0. The zero-order chi connectivity index (χ0) is 31.9. The molecule has 0 fully saturated rings. The molecule has 1 heterocycles. The van der Waals surface area contributed by atoms with Crippen LogP contribution in [-0.4, -0.2) is 0 Å². The van der Waals surface area contributed by atoms with Gasteiger partial charge in [0.05, 0.1) is 5.69 Å². The van der Waals surface area contributed by atoms with Crippen molar-refractivity contribution >= 4 is 59.3 Å². The molecule has 0 unspecified atom stereocenters. The Morgan fingerprint density at radius 1 is 0.354 bits per heavy atom. The van der Waals surface area contributed by atoms with Gasteiger partial charge in [-0.25, -0.2) is 0 Å². The fraction of sp³-hybridized carbons (Fsp3) is 0. The Balaban J connectivity index is 1.22. The van der Waals surface area contributed by atoms with E-state index in [1.165, 1.54) is 70.0 Å². The maximum atomic E-state index is 2.42. The summed E-state index contributed by atoms with van der Waals surface area (Å²) in [4.78, 5) is 2.42. The summed E-state index contributed by atoms with van der Waals surface area (Å²) in [5.41, 5.74) is 10.8. The van der Waals surface area contributed by atoms with Crippen LogP contribution >= 0.6 is 11.3 Å². The zero-order valence-corrected chi connectivity index (χ0v) is 27.1. The molecule has 9 rings (SSSR count). The number of nitrogens with zero attached hydrogens (tertiary/aromatic N) is 1. The van der Waals surface area contributed by atoms with Crippen molar-refractivity contribution in [1.29, 1.82) is 0 Å². The summed E-state index contributed by atoms with van der Waals surface area (Å²) in [6.45, 7) is 0. The van der Waals surface area contributed by atoms with E-state index in [1.807, 2.05) is 11.3 Å². The molecule has 1 nitrogen and oxygen atoms in total. The first-order valence-electron chi connectivity index (χ1n) is 16.3. The van der Waals surface area contributed by atoms with E-state index in [9.17, 15) is 0 Å². The van der Waals surface area contributed by atoms with Gasteiger partial charge in [0.2, 0.25) is 0 Å². The highest BCUT2D eigenvalue weighted by atomic mass is 32.1. The molecular formula is C46H31NS. The third kappa shape index (κ3) is 5.04. The fourth-order valence-electron chi connectivity index (χ4n) is 6.93. The Labute approximate surface area is 284 Å². The Morgan fingerprint density at radius 3 is 1.65 bits per heavy atom.